The molecule has 1 amide bonds. The lowest BCUT2D eigenvalue weighted by molar-refractivity contribution is -0.145. The van der Waals surface area contributed by atoms with Gasteiger partial charge in [0.1, 0.15) is 11.3 Å². The zero-order valence-corrected chi connectivity index (χ0v) is 13.9. The van der Waals surface area contributed by atoms with Crippen molar-refractivity contribution in [2.75, 3.05) is 18.6 Å². The molecule has 7 heteroatoms. The van der Waals surface area contributed by atoms with Crippen molar-refractivity contribution in [1.82, 2.24) is 4.98 Å². The summed E-state index contributed by atoms with van der Waals surface area (Å²) in [7, 11) is 1.31. The molecule has 6 nitrogen and oxygen atoms in total. The molecular formula is C19H15FN2O4. The number of methoxy groups -OCH3 is 1. The van der Waals surface area contributed by atoms with Crippen LogP contribution in [0.2, 0.25) is 0 Å². The van der Waals surface area contributed by atoms with Gasteiger partial charge in [-0.15, -0.1) is 0 Å². The second-order valence-electron chi connectivity index (χ2n) is 6.08. The molecule has 26 heavy (non-hydrogen) atoms. The van der Waals surface area contributed by atoms with Crippen LogP contribution in [0.15, 0.2) is 46.9 Å². The molecule has 1 aromatic heterocycles. The molecule has 2 heterocycles. The van der Waals surface area contributed by atoms with E-state index in [9.17, 15) is 14.0 Å². The van der Waals surface area contributed by atoms with E-state index in [1.165, 1.54) is 18.1 Å². The number of hydrogen-bond donors (Lipinski definition) is 0. The van der Waals surface area contributed by atoms with E-state index < -0.39 is 17.7 Å². The van der Waals surface area contributed by atoms with Crippen molar-refractivity contribution in [2.24, 2.45) is 5.92 Å². The van der Waals surface area contributed by atoms with Gasteiger partial charge in [-0.25, -0.2) is 9.37 Å². The molecule has 1 aliphatic rings. The summed E-state index contributed by atoms with van der Waals surface area (Å²) in [6, 6.07) is 11.3. The Morgan fingerprint density at radius 1 is 1.31 bits per heavy atom. The van der Waals surface area contributed by atoms with E-state index in [2.05, 4.69) is 4.98 Å². The first-order chi connectivity index (χ1) is 12.6. The van der Waals surface area contributed by atoms with Crippen molar-refractivity contribution in [2.45, 2.75) is 6.42 Å². The fourth-order valence-corrected chi connectivity index (χ4v) is 3.12. The third kappa shape index (κ3) is 2.71. The Hall–Kier alpha value is -3.22. The highest BCUT2D eigenvalue weighted by molar-refractivity contribution is 6.00. The van der Waals surface area contributed by atoms with Gasteiger partial charge in [0.25, 0.3) is 0 Å². The quantitative estimate of drug-likeness (QED) is 0.676. The van der Waals surface area contributed by atoms with Crippen molar-refractivity contribution >= 4 is 28.7 Å². The fourth-order valence-electron chi connectivity index (χ4n) is 3.12. The number of esters is 1. The van der Waals surface area contributed by atoms with Gasteiger partial charge in [0.2, 0.25) is 11.8 Å². The molecule has 0 bridgehead atoms. The van der Waals surface area contributed by atoms with Crippen LogP contribution in [0.25, 0.3) is 22.6 Å². The molecule has 1 saturated heterocycles. The predicted molar refractivity (Wildman–Crippen MR) is 91.9 cm³/mol. The number of hydrogen-bond acceptors (Lipinski definition) is 5. The van der Waals surface area contributed by atoms with Crippen LogP contribution in [0.5, 0.6) is 0 Å². The average Bonchev–Trinajstić information content (AvgIpc) is 3.24. The van der Waals surface area contributed by atoms with E-state index in [1.54, 1.807) is 36.4 Å². The van der Waals surface area contributed by atoms with Gasteiger partial charge in [0, 0.05) is 18.7 Å². The van der Waals surface area contributed by atoms with Crippen molar-refractivity contribution in [3.63, 3.8) is 0 Å². The van der Waals surface area contributed by atoms with Crippen LogP contribution in [0.1, 0.15) is 6.42 Å². The Bertz CT molecular complexity index is 1010. The summed E-state index contributed by atoms with van der Waals surface area (Å²) in [4.78, 5) is 29.8. The van der Waals surface area contributed by atoms with Gasteiger partial charge in [-0.2, -0.15) is 0 Å². The summed E-state index contributed by atoms with van der Waals surface area (Å²) in [5.41, 5.74) is 1.88. The van der Waals surface area contributed by atoms with Crippen LogP contribution < -0.4 is 4.90 Å². The normalized spacial score (nSPS) is 17.1. The van der Waals surface area contributed by atoms with Crippen LogP contribution >= 0.6 is 0 Å². The molecule has 1 atom stereocenters. The molecule has 0 N–H and O–H groups in total. The number of fused-ring (bicyclic) bond motifs is 1. The maximum Gasteiger partial charge on any atom is 0.311 e. The van der Waals surface area contributed by atoms with E-state index in [4.69, 9.17) is 9.15 Å². The number of carbonyl (C=O) groups is 2. The van der Waals surface area contributed by atoms with Crippen molar-refractivity contribution in [3.05, 3.63) is 48.3 Å². The minimum Gasteiger partial charge on any atom is -0.469 e. The van der Waals surface area contributed by atoms with Gasteiger partial charge < -0.3 is 14.1 Å². The molecule has 0 unspecified atom stereocenters. The molecule has 0 aliphatic carbocycles. The van der Waals surface area contributed by atoms with Crippen LogP contribution in [-0.4, -0.2) is 30.5 Å². The minimum atomic E-state index is -0.477. The van der Waals surface area contributed by atoms with Crippen molar-refractivity contribution < 1.29 is 23.1 Å². The lowest BCUT2D eigenvalue weighted by atomic mass is 10.1. The SMILES string of the molecule is COC(=O)[C@@H]1CC(=O)N(c2ccc3oc(-c4ccccc4F)nc3c2)C1. The smallest absolute Gasteiger partial charge is 0.311 e. The zero-order chi connectivity index (χ0) is 18.3. The molecule has 3 aromatic rings. The first-order valence-electron chi connectivity index (χ1n) is 8.10. The Morgan fingerprint density at radius 3 is 2.88 bits per heavy atom. The Morgan fingerprint density at radius 2 is 2.12 bits per heavy atom. The van der Waals surface area contributed by atoms with Gasteiger partial charge in [0.15, 0.2) is 5.58 Å². The van der Waals surface area contributed by atoms with Gasteiger partial charge >= 0.3 is 5.97 Å². The summed E-state index contributed by atoms with van der Waals surface area (Å²) in [6.45, 7) is 0.259. The van der Waals surface area contributed by atoms with Crippen molar-refractivity contribution in [3.8, 4) is 11.5 Å². The van der Waals surface area contributed by atoms with Gasteiger partial charge in [-0.3, -0.25) is 9.59 Å². The molecule has 0 saturated carbocycles. The number of amides is 1. The zero-order valence-electron chi connectivity index (χ0n) is 13.9. The summed E-state index contributed by atoms with van der Waals surface area (Å²) in [6.07, 6.45) is 0.115. The van der Waals surface area contributed by atoms with E-state index in [0.29, 0.717) is 16.8 Å². The van der Waals surface area contributed by atoms with E-state index in [-0.39, 0.29) is 30.3 Å². The number of rotatable bonds is 3. The lowest BCUT2D eigenvalue weighted by Gasteiger charge is -2.16. The largest absolute Gasteiger partial charge is 0.469 e. The van der Waals surface area contributed by atoms with Crippen LogP contribution in [-0.2, 0) is 14.3 Å². The second-order valence-corrected chi connectivity index (χ2v) is 6.08. The maximum atomic E-state index is 13.9. The summed E-state index contributed by atoms with van der Waals surface area (Å²) in [5, 5.41) is 0. The highest BCUT2D eigenvalue weighted by atomic mass is 19.1. The first kappa shape index (κ1) is 16.3. The molecule has 1 aliphatic heterocycles. The molecule has 4 rings (SSSR count). The summed E-state index contributed by atoms with van der Waals surface area (Å²) >= 11 is 0. The summed E-state index contributed by atoms with van der Waals surface area (Å²) < 4.78 is 24.3. The molecule has 0 spiro atoms. The second kappa shape index (κ2) is 6.25. The topological polar surface area (TPSA) is 72.6 Å². The number of nitrogens with zero attached hydrogens (tertiary/aromatic N) is 2. The third-order valence-corrected chi connectivity index (χ3v) is 4.45. The first-order valence-corrected chi connectivity index (χ1v) is 8.10. The molecular weight excluding hydrogens is 339 g/mol. The highest BCUT2D eigenvalue weighted by Gasteiger charge is 2.36. The Balaban J connectivity index is 1.67. The number of aromatic nitrogens is 1. The number of ether oxygens (including phenoxy) is 1. The molecule has 132 valence electrons. The minimum absolute atomic E-state index is 0.115. The predicted octanol–water partition coefficient (Wildman–Crippen LogP) is 3.16. The van der Waals surface area contributed by atoms with E-state index in [1.807, 2.05) is 0 Å². The van der Waals surface area contributed by atoms with Crippen molar-refractivity contribution in [1.29, 1.82) is 0 Å². The number of carbonyl (C=O) groups excluding carboxylic acids is 2. The van der Waals surface area contributed by atoms with Crippen LogP contribution in [0.4, 0.5) is 10.1 Å². The number of anilines is 1. The summed E-state index contributed by atoms with van der Waals surface area (Å²) in [5.74, 6) is -1.28. The maximum absolute atomic E-state index is 13.9. The highest BCUT2D eigenvalue weighted by Crippen LogP contribution is 2.31. The molecule has 0 radical (unpaired) electrons. The number of oxazole rings is 1. The third-order valence-electron chi connectivity index (χ3n) is 4.45. The molecule has 1 fully saturated rings. The number of halogens is 1. The fraction of sp³-hybridized carbons (Fsp3) is 0.211. The van der Waals surface area contributed by atoms with Gasteiger partial charge in [-0.1, -0.05) is 12.1 Å². The Kier molecular flexibility index (Phi) is 3.91. The standard InChI is InChI=1S/C19H15FN2O4/c1-25-19(24)11-8-17(23)22(10-11)12-6-7-16-15(9-12)21-18(26-16)13-4-2-3-5-14(13)20/h2-7,9,11H,8,10H2,1H3/t11-/m1/s1. The monoisotopic (exact) mass is 354 g/mol. The van der Waals surface area contributed by atoms with Crippen LogP contribution in [0.3, 0.4) is 0 Å². The van der Waals surface area contributed by atoms with E-state index >= 15 is 0 Å². The lowest BCUT2D eigenvalue weighted by Crippen LogP contribution is -2.26. The van der Waals surface area contributed by atoms with Crippen LogP contribution in [0, 0.1) is 11.7 Å². The molecule has 2 aromatic carbocycles. The van der Waals surface area contributed by atoms with Gasteiger partial charge in [0.05, 0.1) is 18.6 Å². The van der Waals surface area contributed by atoms with E-state index in [0.717, 1.165) is 0 Å². The number of benzene rings is 2. The Labute approximate surface area is 148 Å². The average molecular weight is 354 g/mol. The van der Waals surface area contributed by atoms with Gasteiger partial charge in [-0.05, 0) is 30.3 Å².